The molecule has 0 aliphatic rings. The molecular weight excluding hydrogens is 290 g/mol. The van der Waals surface area contributed by atoms with Crippen LogP contribution in [-0.4, -0.2) is 4.40 Å². The molecule has 0 saturated heterocycles. The standard InChI is InChI=1S/C23H17N/c1-16-11-12-22-18(13-16)14-23-20-10-6-5-9-19(20)21(15-24(22)23)17-7-3-2-4-8-17/h2-15H,1H3. The highest BCUT2D eigenvalue weighted by Crippen LogP contribution is 2.34. The molecule has 0 fully saturated rings. The van der Waals surface area contributed by atoms with Crippen LogP contribution in [0.15, 0.2) is 85.1 Å². The second kappa shape index (κ2) is 4.97. The number of aromatic nitrogens is 1. The van der Waals surface area contributed by atoms with Crippen molar-refractivity contribution in [3.8, 4) is 11.1 Å². The molecule has 5 aromatic rings. The lowest BCUT2D eigenvalue weighted by Gasteiger charge is -2.10. The molecule has 0 amide bonds. The van der Waals surface area contributed by atoms with Gasteiger partial charge in [0, 0.05) is 22.5 Å². The molecule has 5 rings (SSSR count). The maximum atomic E-state index is 2.33. The lowest BCUT2D eigenvalue weighted by Crippen LogP contribution is -1.90. The fourth-order valence-corrected chi connectivity index (χ4v) is 3.69. The van der Waals surface area contributed by atoms with Crippen LogP contribution in [0, 0.1) is 6.92 Å². The van der Waals surface area contributed by atoms with Gasteiger partial charge in [-0.15, -0.1) is 0 Å². The predicted molar refractivity (Wildman–Crippen MR) is 103 cm³/mol. The summed E-state index contributed by atoms with van der Waals surface area (Å²) in [6.07, 6.45) is 2.28. The number of nitrogens with zero attached hydrogens (tertiary/aromatic N) is 1. The first-order valence-corrected chi connectivity index (χ1v) is 8.30. The smallest absolute Gasteiger partial charge is 0.0541 e. The summed E-state index contributed by atoms with van der Waals surface area (Å²) in [7, 11) is 0. The highest BCUT2D eigenvalue weighted by atomic mass is 14.9. The molecule has 2 aromatic heterocycles. The number of benzene rings is 3. The lowest BCUT2D eigenvalue weighted by atomic mass is 10.00. The van der Waals surface area contributed by atoms with Gasteiger partial charge >= 0.3 is 0 Å². The van der Waals surface area contributed by atoms with E-state index in [-0.39, 0.29) is 0 Å². The summed E-state index contributed by atoms with van der Waals surface area (Å²) < 4.78 is 2.33. The lowest BCUT2D eigenvalue weighted by molar-refractivity contribution is 1.27. The number of hydrogen-bond donors (Lipinski definition) is 0. The van der Waals surface area contributed by atoms with E-state index >= 15 is 0 Å². The Morgan fingerprint density at radius 1 is 0.667 bits per heavy atom. The Kier molecular flexibility index (Phi) is 2.77. The molecule has 2 heterocycles. The average molecular weight is 307 g/mol. The van der Waals surface area contributed by atoms with Crippen molar-refractivity contribution in [2.24, 2.45) is 0 Å². The summed E-state index contributed by atoms with van der Waals surface area (Å²) in [6.45, 7) is 2.15. The highest BCUT2D eigenvalue weighted by molar-refractivity contribution is 6.08. The topological polar surface area (TPSA) is 4.41 Å². The zero-order chi connectivity index (χ0) is 16.1. The van der Waals surface area contributed by atoms with Crippen molar-refractivity contribution >= 4 is 27.2 Å². The Bertz CT molecular complexity index is 1200. The minimum atomic E-state index is 1.25. The molecule has 0 saturated carbocycles. The number of aryl methyl sites for hydroxylation is 1. The average Bonchev–Trinajstić information content (AvgIpc) is 2.99. The van der Waals surface area contributed by atoms with Gasteiger partial charge in [-0.05, 0) is 36.1 Å². The van der Waals surface area contributed by atoms with Gasteiger partial charge in [0.05, 0.1) is 11.0 Å². The minimum Gasteiger partial charge on any atom is -0.315 e. The summed E-state index contributed by atoms with van der Waals surface area (Å²) >= 11 is 0. The van der Waals surface area contributed by atoms with Crippen LogP contribution in [0.4, 0.5) is 0 Å². The molecule has 0 radical (unpaired) electrons. The van der Waals surface area contributed by atoms with Crippen LogP contribution >= 0.6 is 0 Å². The third-order valence-corrected chi connectivity index (χ3v) is 4.83. The number of fused-ring (bicyclic) bond motifs is 5. The number of hydrogen-bond acceptors (Lipinski definition) is 0. The third-order valence-electron chi connectivity index (χ3n) is 4.83. The van der Waals surface area contributed by atoms with Gasteiger partial charge in [-0.2, -0.15) is 0 Å². The Balaban J connectivity index is 2.00. The van der Waals surface area contributed by atoms with Crippen molar-refractivity contribution in [2.75, 3.05) is 0 Å². The molecule has 0 atom stereocenters. The number of rotatable bonds is 1. The second-order valence-corrected chi connectivity index (χ2v) is 6.42. The van der Waals surface area contributed by atoms with Crippen molar-refractivity contribution in [1.82, 2.24) is 4.40 Å². The monoisotopic (exact) mass is 307 g/mol. The van der Waals surface area contributed by atoms with Crippen molar-refractivity contribution in [1.29, 1.82) is 0 Å². The molecule has 114 valence electrons. The molecule has 0 aliphatic heterocycles. The van der Waals surface area contributed by atoms with Crippen molar-refractivity contribution in [3.63, 3.8) is 0 Å². The summed E-state index contributed by atoms with van der Waals surface area (Å²) in [5, 5.41) is 3.90. The molecule has 1 nitrogen and oxygen atoms in total. The third kappa shape index (κ3) is 1.88. The summed E-state index contributed by atoms with van der Waals surface area (Å²) in [5.41, 5.74) is 6.36. The van der Waals surface area contributed by atoms with Gasteiger partial charge in [-0.3, -0.25) is 0 Å². The Labute approximate surface area is 140 Å². The molecule has 24 heavy (non-hydrogen) atoms. The molecule has 3 aromatic carbocycles. The van der Waals surface area contributed by atoms with Gasteiger partial charge in [0.1, 0.15) is 0 Å². The maximum absolute atomic E-state index is 2.33. The fraction of sp³-hybridized carbons (Fsp3) is 0.0435. The van der Waals surface area contributed by atoms with Gasteiger partial charge in [-0.1, -0.05) is 66.2 Å². The first kappa shape index (κ1) is 13.4. The van der Waals surface area contributed by atoms with Crippen LogP contribution in [0.25, 0.3) is 38.3 Å². The first-order chi connectivity index (χ1) is 11.8. The normalized spacial score (nSPS) is 11.5. The van der Waals surface area contributed by atoms with Crippen molar-refractivity contribution in [3.05, 3.63) is 90.6 Å². The van der Waals surface area contributed by atoms with Crippen LogP contribution in [0.2, 0.25) is 0 Å². The van der Waals surface area contributed by atoms with Crippen molar-refractivity contribution in [2.45, 2.75) is 6.92 Å². The van der Waals surface area contributed by atoms with E-state index in [9.17, 15) is 0 Å². The van der Waals surface area contributed by atoms with Gasteiger partial charge in [0.25, 0.3) is 0 Å². The summed E-state index contributed by atoms with van der Waals surface area (Å²) in [4.78, 5) is 0. The zero-order valence-corrected chi connectivity index (χ0v) is 13.5. The van der Waals surface area contributed by atoms with E-state index in [0.717, 1.165) is 0 Å². The molecule has 0 bridgehead atoms. The van der Waals surface area contributed by atoms with E-state index in [1.54, 1.807) is 0 Å². The molecule has 0 N–H and O–H groups in total. The summed E-state index contributed by atoms with van der Waals surface area (Å²) in [5.74, 6) is 0. The van der Waals surface area contributed by atoms with E-state index in [4.69, 9.17) is 0 Å². The molecule has 1 heteroatoms. The van der Waals surface area contributed by atoms with Gasteiger partial charge < -0.3 is 4.40 Å². The van der Waals surface area contributed by atoms with Crippen LogP contribution in [-0.2, 0) is 0 Å². The van der Waals surface area contributed by atoms with Gasteiger partial charge in [0.2, 0.25) is 0 Å². The highest BCUT2D eigenvalue weighted by Gasteiger charge is 2.11. The van der Waals surface area contributed by atoms with Gasteiger partial charge in [0.15, 0.2) is 0 Å². The Hall–Kier alpha value is -3.06. The van der Waals surface area contributed by atoms with Gasteiger partial charge in [-0.25, -0.2) is 0 Å². The van der Waals surface area contributed by atoms with E-state index < -0.39 is 0 Å². The van der Waals surface area contributed by atoms with E-state index in [1.165, 1.54) is 43.9 Å². The van der Waals surface area contributed by atoms with E-state index in [2.05, 4.69) is 96.4 Å². The molecule has 0 spiro atoms. The Morgan fingerprint density at radius 2 is 1.42 bits per heavy atom. The van der Waals surface area contributed by atoms with Crippen LogP contribution in [0.5, 0.6) is 0 Å². The van der Waals surface area contributed by atoms with Crippen molar-refractivity contribution < 1.29 is 0 Å². The first-order valence-electron chi connectivity index (χ1n) is 8.30. The largest absolute Gasteiger partial charge is 0.315 e. The van der Waals surface area contributed by atoms with Crippen LogP contribution in [0.3, 0.4) is 0 Å². The maximum Gasteiger partial charge on any atom is 0.0541 e. The Morgan fingerprint density at radius 3 is 2.25 bits per heavy atom. The SMILES string of the molecule is Cc1ccc2c(c1)cc1c3ccccc3c(-c3ccccc3)cn21. The fourth-order valence-electron chi connectivity index (χ4n) is 3.69. The second-order valence-electron chi connectivity index (χ2n) is 6.42. The summed E-state index contributed by atoms with van der Waals surface area (Å²) in [6, 6.07) is 28.3. The molecule has 0 aliphatic carbocycles. The zero-order valence-electron chi connectivity index (χ0n) is 13.5. The predicted octanol–water partition coefficient (Wildman–Crippen LogP) is 6.22. The minimum absolute atomic E-state index is 1.25. The molecular formula is C23H17N. The number of pyridine rings is 1. The van der Waals surface area contributed by atoms with E-state index in [1.807, 2.05) is 0 Å². The molecule has 0 unspecified atom stereocenters. The van der Waals surface area contributed by atoms with Crippen LogP contribution in [0.1, 0.15) is 5.56 Å². The quantitative estimate of drug-likeness (QED) is 0.346. The van der Waals surface area contributed by atoms with Crippen LogP contribution < -0.4 is 0 Å². The van der Waals surface area contributed by atoms with E-state index in [0.29, 0.717) is 0 Å².